The summed E-state index contributed by atoms with van der Waals surface area (Å²) in [6.07, 6.45) is 10.9. The quantitative estimate of drug-likeness (QED) is 0.388. The fourth-order valence-corrected chi connectivity index (χ4v) is 5.13. The van der Waals surface area contributed by atoms with Crippen molar-refractivity contribution in [1.29, 1.82) is 0 Å². The molecular formula is C25H35N7O4. The number of hydrogen-bond acceptors (Lipinski definition) is 9. The van der Waals surface area contributed by atoms with Gasteiger partial charge in [0.15, 0.2) is 11.9 Å². The Hall–Kier alpha value is -3.15. The van der Waals surface area contributed by atoms with Gasteiger partial charge in [-0.2, -0.15) is 9.61 Å². The molecule has 0 saturated heterocycles. The molecular weight excluding hydrogens is 462 g/mol. The van der Waals surface area contributed by atoms with Gasteiger partial charge >= 0.3 is 0 Å². The monoisotopic (exact) mass is 497 g/mol. The minimum Gasteiger partial charge on any atom is -0.391 e. The van der Waals surface area contributed by atoms with Crippen molar-refractivity contribution in [2.45, 2.75) is 75.5 Å². The SMILES string of the molecule is CNc1cc(NC2=CC=CN(C3CCC(C)(OC)CC3)C2O)nc2c(C(=O)NC3CCC3O)cnn12. The number of carbonyl (C=O) groups is 1. The van der Waals surface area contributed by atoms with Gasteiger partial charge in [0.1, 0.15) is 17.2 Å². The largest absolute Gasteiger partial charge is 0.391 e. The fraction of sp³-hybridized carbons (Fsp3) is 0.560. The van der Waals surface area contributed by atoms with Gasteiger partial charge in [0.25, 0.3) is 5.91 Å². The van der Waals surface area contributed by atoms with Gasteiger partial charge in [-0.3, -0.25) is 4.79 Å². The molecule has 1 aliphatic heterocycles. The Morgan fingerprint density at radius 2 is 2.00 bits per heavy atom. The Morgan fingerprint density at radius 1 is 1.22 bits per heavy atom. The maximum Gasteiger partial charge on any atom is 0.257 e. The number of methoxy groups -OCH3 is 1. The molecule has 2 aromatic heterocycles. The number of nitrogens with one attached hydrogen (secondary N) is 3. The van der Waals surface area contributed by atoms with E-state index in [2.05, 4.69) is 33.0 Å². The highest BCUT2D eigenvalue weighted by Gasteiger charge is 2.36. The summed E-state index contributed by atoms with van der Waals surface area (Å²) >= 11 is 0. The van der Waals surface area contributed by atoms with Crippen LogP contribution in [0.5, 0.6) is 0 Å². The number of aliphatic hydroxyl groups is 2. The minimum absolute atomic E-state index is 0.104. The Morgan fingerprint density at radius 3 is 2.64 bits per heavy atom. The van der Waals surface area contributed by atoms with Crippen molar-refractivity contribution in [2.24, 2.45) is 0 Å². The maximum atomic E-state index is 12.9. The van der Waals surface area contributed by atoms with Gasteiger partial charge in [0.05, 0.1) is 29.6 Å². The lowest BCUT2D eigenvalue weighted by Gasteiger charge is -2.43. The van der Waals surface area contributed by atoms with Gasteiger partial charge in [-0.05, 0) is 57.6 Å². The summed E-state index contributed by atoms with van der Waals surface area (Å²) in [7, 11) is 3.52. The molecule has 3 aliphatic rings. The molecule has 2 aromatic rings. The molecule has 194 valence electrons. The number of allylic oxidation sites excluding steroid dienone is 2. The van der Waals surface area contributed by atoms with E-state index >= 15 is 0 Å². The lowest BCUT2D eigenvalue weighted by molar-refractivity contribution is -0.0535. The van der Waals surface area contributed by atoms with Crippen LogP contribution in [0, 0.1) is 0 Å². The molecule has 2 aliphatic carbocycles. The van der Waals surface area contributed by atoms with Crippen LogP contribution in [0.15, 0.2) is 36.3 Å². The maximum absolute atomic E-state index is 12.9. The van der Waals surface area contributed by atoms with E-state index in [0.717, 1.165) is 32.1 Å². The average Bonchev–Trinajstić information content (AvgIpc) is 3.32. The highest BCUT2D eigenvalue weighted by Crippen LogP contribution is 2.35. The molecule has 0 radical (unpaired) electrons. The number of aromatic nitrogens is 3. The molecule has 5 N–H and O–H groups in total. The third-order valence-corrected chi connectivity index (χ3v) is 7.82. The Labute approximate surface area is 210 Å². The highest BCUT2D eigenvalue weighted by molar-refractivity contribution is 6.00. The second-order valence-corrected chi connectivity index (χ2v) is 10.1. The molecule has 36 heavy (non-hydrogen) atoms. The van der Waals surface area contributed by atoms with Crippen LogP contribution < -0.4 is 16.0 Å². The number of rotatable bonds is 7. The molecule has 2 fully saturated rings. The lowest BCUT2D eigenvalue weighted by atomic mass is 9.82. The Balaban J connectivity index is 1.34. The van der Waals surface area contributed by atoms with Crippen LogP contribution >= 0.6 is 0 Å². The summed E-state index contributed by atoms with van der Waals surface area (Å²) in [6.45, 7) is 2.14. The zero-order valence-electron chi connectivity index (χ0n) is 20.9. The van der Waals surface area contributed by atoms with E-state index in [-0.39, 0.29) is 23.6 Å². The summed E-state index contributed by atoms with van der Waals surface area (Å²) in [4.78, 5) is 19.5. The van der Waals surface area contributed by atoms with Gasteiger partial charge in [0, 0.05) is 32.5 Å². The normalized spacial score (nSPS) is 30.0. The number of aliphatic hydroxyl groups excluding tert-OH is 2. The van der Waals surface area contributed by atoms with Crippen LogP contribution in [-0.2, 0) is 4.74 Å². The first kappa shape index (κ1) is 24.5. The first-order valence-electron chi connectivity index (χ1n) is 12.5. The van der Waals surface area contributed by atoms with Crippen LogP contribution in [0.1, 0.15) is 55.8 Å². The number of fused-ring (bicyclic) bond motifs is 1. The Bertz CT molecular complexity index is 1180. The van der Waals surface area contributed by atoms with Crippen molar-refractivity contribution in [1.82, 2.24) is 24.8 Å². The van der Waals surface area contributed by atoms with Crippen molar-refractivity contribution in [3.63, 3.8) is 0 Å². The summed E-state index contributed by atoms with van der Waals surface area (Å²) in [5, 5.41) is 34.5. The molecule has 1 amide bonds. The van der Waals surface area contributed by atoms with Crippen molar-refractivity contribution in [3.05, 3.63) is 41.9 Å². The van der Waals surface area contributed by atoms with E-state index in [9.17, 15) is 15.0 Å². The first-order valence-corrected chi connectivity index (χ1v) is 12.5. The number of amides is 1. The average molecular weight is 498 g/mol. The second kappa shape index (κ2) is 9.72. The van der Waals surface area contributed by atoms with Gasteiger partial charge in [-0.1, -0.05) is 0 Å². The lowest BCUT2D eigenvalue weighted by Crippen LogP contribution is -2.50. The number of hydrogen-bond donors (Lipinski definition) is 5. The van der Waals surface area contributed by atoms with Crippen molar-refractivity contribution >= 4 is 23.2 Å². The predicted octanol–water partition coefficient (Wildman–Crippen LogP) is 1.82. The molecule has 3 unspecified atom stereocenters. The van der Waals surface area contributed by atoms with E-state index in [1.54, 1.807) is 24.7 Å². The zero-order valence-corrected chi connectivity index (χ0v) is 20.9. The van der Waals surface area contributed by atoms with E-state index in [1.165, 1.54) is 6.20 Å². The van der Waals surface area contributed by atoms with Crippen molar-refractivity contribution in [3.8, 4) is 0 Å². The number of nitrogens with zero attached hydrogens (tertiary/aromatic N) is 4. The second-order valence-electron chi connectivity index (χ2n) is 10.1. The topological polar surface area (TPSA) is 136 Å². The molecule has 3 atom stereocenters. The molecule has 0 bridgehead atoms. The van der Waals surface area contributed by atoms with Crippen LogP contribution in [0.2, 0.25) is 0 Å². The smallest absolute Gasteiger partial charge is 0.257 e. The molecule has 11 nitrogen and oxygen atoms in total. The zero-order chi connectivity index (χ0) is 25.4. The first-order chi connectivity index (χ1) is 17.3. The number of anilines is 2. The molecule has 11 heteroatoms. The minimum atomic E-state index is -0.851. The van der Waals surface area contributed by atoms with E-state index in [1.807, 2.05) is 23.3 Å². The molecule has 5 rings (SSSR count). The summed E-state index contributed by atoms with van der Waals surface area (Å²) in [5.74, 6) is 0.780. The van der Waals surface area contributed by atoms with Gasteiger partial charge in [0.2, 0.25) is 0 Å². The molecule has 2 saturated carbocycles. The Kier molecular flexibility index (Phi) is 6.62. The van der Waals surface area contributed by atoms with E-state index in [4.69, 9.17) is 4.74 Å². The highest BCUT2D eigenvalue weighted by atomic mass is 16.5. The van der Waals surface area contributed by atoms with Crippen molar-refractivity contribution < 1.29 is 19.7 Å². The van der Waals surface area contributed by atoms with Gasteiger partial charge in [-0.25, -0.2) is 4.98 Å². The van der Waals surface area contributed by atoms with Crippen LogP contribution in [0.25, 0.3) is 5.65 Å². The molecule has 0 aromatic carbocycles. The van der Waals surface area contributed by atoms with Gasteiger partial charge in [-0.15, -0.1) is 0 Å². The molecule has 3 heterocycles. The number of ether oxygens (including phenoxy) is 1. The third kappa shape index (κ3) is 4.54. The third-order valence-electron chi connectivity index (χ3n) is 7.82. The summed E-state index contributed by atoms with van der Waals surface area (Å²) in [5.41, 5.74) is 1.18. The van der Waals surface area contributed by atoms with Crippen LogP contribution in [0.4, 0.5) is 11.6 Å². The summed E-state index contributed by atoms with van der Waals surface area (Å²) in [6, 6.07) is 1.73. The summed E-state index contributed by atoms with van der Waals surface area (Å²) < 4.78 is 7.23. The van der Waals surface area contributed by atoms with Crippen LogP contribution in [0.3, 0.4) is 0 Å². The van der Waals surface area contributed by atoms with Gasteiger partial charge < -0.3 is 35.8 Å². The van der Waals surface area contributed by atoms with E-state index < -0.39 is 12.3 Å². The van der Waals surface area contributed by atoms with Crippen LogP contribution in [-0.4, -0.2) is 79.8 Å². The standard InChI is InChI=1S/C25H35N7O4/c1-25(36-3)10-8-15(9-11-25)31-12-4-5-18(24(31)35)28-20-13-21(26-2)32-22(30-20)16(14-27-32)23(34)29-17-6-7-19(17)33/h4-5,12-15,17,19,24,26,33,35H,6-11H2,1-3H3,(H,28,30)(H,29,34). The predicted molar refractivity (Wildman–Crippen MR) is 135 cm³/mol. The number of carbonyl (C=O) groups excluding carboxylic acids is 1. The molecule has 0 spiro atoms. The van der Waals surface area contributed by atoms with E-state index in [0.29, 0.717) is 35.0 Å². The fourth-order valence-electron chi connectivity index (χ4n) is 5.13. The van der Waals surface area contributed by atoms with Crippen molar-refractivity contribution in [2.75, 3.05) is 24.8 Å².